The molecule has 0 saturated carbocycles. The molecule has 0 spiro atoms. The molecule has 9 rings (SSSR count). The molecule has 2 aliphatic heterocycles. The van der Waals surface area contributed by atoms with Gasteiger partial charge in [-0.1, -0.05) is 48.5 Å². The predicted molar refractivity (Wildman–Crippen MR) is 244 cm³/mol. The summed E-state index contributed by atoms with van der Waals surface area (Å²) < 4.78 is 54.8. The summed E-state index contributed by atoms with van der Waals surface area (Å²) in [5, 5.41) is 0. The molecule has 3 unspecified atom stereocenters. The van der Waals surface area contributed by atoms with Gasteiger partial charge in [0.25, 0.3) is 0 Å². The Morgan fingerprint density at radius 1 is 0.391 bits per heavy atom. The highest BCUT2D eigenvalue weighted by molar-refractivity contribution is 7.39. The van der Waals surface area contributed by atoms with E-state index < -0.39 is 33.4 Å². The van der Waals surface area contributed by atoms with E-state index in [1.54, 1.807) is 97.1 Å². The second-order valence-corrected chi connectivity index (χ2v) is 16.6. The van der Waals surface area contributed by atoms with Crippen molar-refractivity contribution in [3.05, 3.63) is 144 Å². The van der Waals surface area contributed by atoms with Gasteiger partial charge in [0.2, 0.25) is 0 Å². The molecule has 3 atom stereocenters. The van der Waals surface area contributed by atoms with E-state index in [2.05, 4.69) is 9.97 Å². The van der Waals surface area contributed by atoms with Crippen LogP contribution in [0.5, 0.6) is 23.0 Å². The quantitative estimate of drug-likeness (QED) is 0.0563. The van der Waals surface area contributed by atoms with Crippen molar-refractivity contribution in [3.8, 4) is 67.5 Å². The van der Waals surface area contributed by atoms with Crippen molar-refractivity contribution in [2.45, 2.75) is 0 Å². The lowest BCUT2D eigenvalue weighted by atomic mass is 10.0. The lowest BCUT2D eigenvalue weighted by molar-refractivity contribution is 0.375. The Balaban J connectivity index is 1.38. The van der Waals surface area contributed by atoms with Crippen molar-refractivity contribution in [1.82, 2.24) is 19.9 Å². The molecule has 316 valence electrons. The summed E-state index contributed by atoms with van der Waals surface area (Å²) in [5.41, 5.74) is 10.5. The number of nitrogens with zero attached hydrogens (tertiary/aromatic N) is 2. The SMILES string of the molecule is O=[P+](O)Oc1ccc(-c2c3nc(c(-c4ccc(O[P+](=O)O)cc4)c4ccc([nH]4)c(-c4ccc(O[P+](=O)O)cc4)c4nc(c(-c5ccc(OP(O)O)cc5)c5ccc2[nH]5)C=C4)C=C3)cc1. The first kappa shape index (κ1) is 42.5. The summed E-state index contributed by atoms with van der Waals surface area (Å²) in [6.45, 7) is 0. The van der Waals surface area contributed by atoms with Gasteiger partial charge in [0.15, 0.2) is 17.2 Å². The molecule has 0 fully saturated rings. The Morgan fingerprint density at radius 3 is 0.875 bits per heavy atom. The molecule has 0 saturated heterocycles. The number of aromatic nitrogens is 4. The molecular weight excluding hydrogens is 900 g/mol. The predicted octanol–water partition coefficient (Wildman–Crippen LogP) is 11.0. The maximum atomic E-state index is 11.5. The van der Waals surface area contributed by atoms with Crippen LogP contribution in [0.15, 0.2) is 121 Å². The average molecular weight is 932 g/mol. The highest BCUT2D eigenvalue weighted by Crippen LogP contribution is 2.41. The summed E-state index contributed by atoms with van der Waals surface area (Å²) in [5.74, 6) is 0.833. The maximum absolute atomic E-state index is 11.5. The van der Waals surface area contributed by atoms with Crippen LogP contribution in [0.3, 0.4) is 0 Å². The fourth-order valence-corrected chi connectivity index (χ4v) is 8.73. The molecule has 2 aliphatic rings. The highest BCUT2D eigenvalue weighted by Gasteiger charge is 2.22. The lowest BCUT2D eigenvalue weighted by Crippen LogP contribution is -1.90. The molecule has 8 bridgehead atoms. The van der Waals surface area contributed by atoms with Crippen molar-refractivity contribution in [2.75, 3.05) is 0 Å². The Bertz CT molecular complexity index is 3170. The Kier molecular flexibility index (Phi) is 12.0. The first-order valence-corrected chi connectivity index (χ1v) is 23.5. The number of aromatic amines is 2. The second-order valence-electron chi connectivity index (χ2n) is 13.9. The van der Waals surface area contributed by atoms with Gasteiger partial charge in [-0.2, -0.15) is 0 Å². The van der Waals surface area contributed by atoms with Crippen LogP contribution in [0.4, 0.5) is 0 Å². The molecule has 0 aliphatic carbocycles. The molecule has 3 aromatic heterocycles. The van der Waals surface area contributed by atoms with Gasteiger partial charge in [-0.25, -0.2) is 23.5 Å². The van der Waals surface area contributed by atoms with Crippen LogP contribution in [0.2, 0.25) is 0 Å². The smallest absolute Gasteiger partial charge is 0.427 e. The third-order valence-electron chi connectivity index (χ3n) is 10.1. The molecular formula is C44H31N4O12P4+3. The van der Waals surface area contributed by atoms with Gasteiger partial charge in [-0.15, -0.1) is 14.7 Å². The van der Waals surface area contributed by atoms with E-state index >= 15 is 0 Å². The number of H-pyrrole nitrogens is 2. The van der Waals surface area contributed by atoms with Crippen LogP contribution in [-0.2, 0) is 13.7 Å². The standard InChI is InChI=1S/C44H28N4O12P4/c49-61(50)57-29-9-1-25(2-10-29)41-33-17-19-35(45-33)42(26-3-11-30(12-4-26)58-62(51)52)37-21-23-39(47-37)44(28-7-15-32(16-8-28)60-64(55)56)40-24-22-38(48-40)43(36-20-18-34(41)46-36)27-5-13-31(14-6-27)59-63(53)54/h1-24,45,48-50H/p+3. The van der Waals surface area contributed by atoms with E-state index in [1.807, 2.05) is 48.6 Å². The Labute approximate surface area is 366 Å². The van der Waals surface area contributed by atoms with E-state index in [9.17, 15) is 38.2 Å². The lowest BCUT2D eigenvalue weighted by Gasteiger charge is -2.08. The summed E-state index contributed by atoms with van der Waals surface area (Å²) in [7, 11) is -11.3. The van der Waals surface area contributed by atoms with E-state index in [-0.39, 0.29) is 23.0 Å². The topological polar surface area (TPSA) is 247 Å². The van der Waals surface area contributed by atoms with Crippen molar-refractivity contribution >= 4 is 79.7 Å². The first-order valence-electron chi connectivity index (χ1n) is 18.9. The normalized spacial score (nSPS) is 12.6. The van der Waals surface area contributed by atoms with Gasteiger partial charge < -0.3 is 24.3 Å². The van der Waals surface area contributed by atoms with E-state index in [0.29, 0.717) is 89.4 Å². The molecule has 20 heteroatoms. The third-order valence-corrected chi connectivity index (χ3v) is 11.5. The van der Waals surface area contributed by atoms with Crippen LogP contribution < -0.4 is 18.1 Å². The van der Waals surface area contributed by atoms with Crippen molar-refractivity contribution in [1.29, 1.82) is 0 Å². The fraction of sp³-hybridized carbons (Fsp3) is 0. The number of hydrogen-bond donors (Lipinski definition) is 7. The molecule has 4 aromatic carbocycles. The number of fused-ring (bicyclic) bond motifs is 8. The highest BCUT2D eigenvalue weighted by atomic mass is 31.2. The van der Waals surface area contributed by atoms with Gasteiger partial charge in [0.05, 0.1) is 22.8 Å². The molecule has 16 nitrogen and oxygen atoms in total. The van der Waals surface area contributed by atoms with E-state index in [0.717, 1.165) is 0 Å². The van der Waals surface area contributed by atoms with Crippen molar-refractivity contribution < 1.29 is 56.3 Å². The molecule has 5 heterocycles. The van der Waals surface area contributed by atoms with E-state index in [1.165, 1.54) is 0 Å². The molecule has 64 heavy (non-hydrogen) atoms. The number of hydrogen-bond acceptors (Lipinski definition) is 11. The Morgan fingerprint density at radius 2 is 0.641 bits per heavy atom. The van der Waals surface area contributed by atoms with Crippen molar-refractivity contribution in [3.63, 3.8) is 0 Å². The monoisotopic (exact) mass is 931 g/mol. The minimum Gasteiger partial charge on any atom is -0.427 e. The fourth-order valence-electron chi connectivity index (χ4n) is 7.51. The molecule has 0 amide bonds. The maximum Gasteiger partial charge on any atom is 0.747 e. The molecule has 7 N–H and O–H groups in total. The van der Waals surface area contributed by atoms with Crippen LogP contribution in [-0.4, -0.2) is 44.4 Å². The van der Waals surface area contributed by atoms with Crippen LogP contribution in [0, 0.1) is 0 Å². The summed E-state index contributed by atoms with van der Waals surface area (Å²) in [4.78, 5) is 64.8. The zero-order valence-electron chi connectivity index (χ0n) is 32.6. The number of nitrogens with one attached hydrogen (secondary N) is 2. The number of benzene rings is 4. The van der Waals surface area contributed by atoms with Gasteiger partial charge in [0.1, 0.15) is 5.75 Å². The van der Waals surface area contributed by atoms with Crippen LogP contribution in [0.25, 0.3) is 90.9 Å². The van der Waals surface area contributed by atoms with Gasteiger partial charge >= 0.3 is 33.4 Å². The minimum absolute atomic E-state index is 0.192. The summed E-state index contributed by atoms with van der Waals surface area (Å²) in [6.07, 6.45) is 7.52. The third kappa shape index (κ3) is 9.14. The van der Waals surface area contributed by atoms with E-state index in [4.69, 9.17) is 28.1 Å². The second kappa shape index (κ2) is 18.1. The van der Waals surface area contributed by atoms with Gasteiger partial charge in [-0.3, -0.25) is 0 Å². The van der Waals surface area contributed by atoms with Crippen molar-refractivity contribution in [2.24, 2.45) is 0 Å². The van der Waals surface area contributed by atoms with Crippen LogP contribution >= 0.6 is 33.4 Å². The number of rotatable bonds is 12. The van der Waals surface area contributed by atoms with Gasteiger partial charge in [-0.05, 0) is 119 Å². The minimum atomic E-state index is -2.89. The van der Waals surface area contributed by atoms with Gasteiger partial charge in [0, 0.05) is 58.0 Å². The first-order chi connectivity index (χ1) is 30.9. The zero-order valence-corrected chi connectivity index (χ0v) is 36.2. The molecule has 0 radical (unpaired) electrons. The Hall–Kier alpha value is -6.79. The summed E-state index contributed by atoms with van der Waals surface area (Å²) >= 11 is 0. The largest absolute Gasteiger partial charge is 0.747 e. The zero-order chi connectivity index (χ0) is 44.5. The van der Waals surface area contributed by atoms with Crippen LogP contribution in [0.1, 0.15) is 22.8 Å². The summed E-state index contributed by atoms with van der Waals surface area (Å²) in [6, 6.07) is 34.5. The molecule has 7 aromatic rings. The average Bonchev–Trinajstić information content (AvgIpc) is 4.11.